The van der Waals surface area contributed by atoms with Crippen LogP contribution in [-0.4, -0.2) is 24.5 Å². The number of hydrogen-bond acceptors (Lipinski definition) is 5. The summed E-state index contributed by atoms with van der Waals surface area (Å²) in [4.78, 5) is 13.5. The van der Waals surface area contributed by atoms with Crippen LogP contribution in [0.5, 0.6) is 0 Å². The number of carbonyl (C=O) groups is 1. The second-order valence-electron chi connectivity index (χ2n) is 4.30. The average molecular weight is 366 g/mol. The molecule has 6 nitrogen and oxygen atoms in total. The van der Waals surface area contributed by atoms with E-state index in [1.54, 1.807) is 0 Å². The Bertz CT molecular complexity index is 831. The van der Waals surface area contributed by atoms with Crippen LogP contribution in [0.3, 0.4) is 0 Å². The summed E-state index contributed by atoms with van der Waals surface area (Å²) in [6, 6.07) is 3.74. The fraction of sp³-hybridized carbons (Fsp3) is 0.167. The van der Waals surface area contributed by atoms with Crippen LogP contribution in [0, 0.1) is 0 Å². The Balaban J connectivity index is 2.33. The van der Waals surface area contributed by atoms with Gasteiger partial charge in [-0.25, -0.2) is 13.4 Å². The summed E-state index contributed by atoms with van der Waals surface area (Å²) in [7, 11) is -4.51. The second-order valence-corrected chi connectivity index (χ2v) is 7.07. The highest BCUT2D eigenvalue weighted by molar-refractivity contribution is 7.93. The zero-order valence-electron chi connectivity index (χ0n) is 11.2. The van der Waals surface area contributed by atoms with Crippen LogP contribution in [0.2, 0.25) is 0 Å². The third kappa shape index (κ3) is 4.20. The van der Waals surface area contributed by atoms with Crippen LogP contribution in [0.4, 0.5) is 18.3 Å². The minimum atomic E-state index is -4.83. The molecule has 0 saturated carbocycles. The SMILES string of the molecule is O=C(O)Cc1cnc(NS(=O)(=O)c2ccccc2C(F)(F)F)s1. The number of carboxylic acid groups (broad SMARTS) is 1. The average Bonchev–Trinajstić information content (AvgIpc) is 2.83. The predicted molar refractivity (Wildman–Crippen MR) is 75.7 cm³/mol. The lowest BCUT2D eigenvalue weighted by molar-refractivity contribution is -0.140. The van der Waals surface area contributed by atoms with E-state index in [2.05, 4.69) is 4.98 Å². The van der Waals surface area contributed by atoms with Crippen LogP contribution < -0.4 is 4.72 Å². The number of nitrogens with one attached hydrogen (secondary N) is 1. The van der Waals surface area contributed by atoms with Crippen LogP contribution in [0.25, 0.3) is 0 Å². The van der Waals surface area contributed by atoms with Crippen molar-refractivity contribution in [3.05, 3.63) is 40.9 Å². The fourth-order valence-electron chi connectivity index (χ4n) is 1.69. The molecule has 0 spiro atoms. The molecule has 2 rings (SSSR count). The predicted octanol–water partition coefficient (Wildman–Crippen LogP) is 2.59. The normalized spacial score (nSPS) is 12.1. The summed E-state index contributed by atoms with van der Waals surface area (Å²) in [5.74, 6) is -1.13. The molecule has 0 saturated heterocycles. The summed E-state index contributed by atoms with van der Waals surface area (Å²) in [6.07, 6.45) is -4.05. The topological polar surface area (TPSA) is 96.4 Å². The maximum Gasteiger partial charge on any atom is 0.417 e. The van der Waals surface area contributed by atoms with Gasteiger partial charge in [-0.05, 0) is 12.1 Å². The molecule has 1 aromatic carbocycles. The number of alkyl halides is 3. The molecule has 0 amide bonds. The Morgan fingerprint density at radius 3 is 2.57 bits per heavy atom. The van der Waals surface area contributed by atoms with Gasteiger partial charge in [0.25, 0.3) is 10.0 Å². The molecule has 1 aromatic heterocycles. The van der Waals surface area contributed by atoms with E-state index >= 15 is 0 Å². The van der Waals surface area contributed by atoms with E-state index in [1.807, 2.05) is 4.72 Å². The highest BCUT2D eigenvalue weighted by atomic mass is 32.2. The molecule has 0 radical (unpaired) electrons. The number of carboxylic acids is 1. The van der Waals surface area contributed by atoms with E-state index in [-0.39, 0.29) is 16.4 Å². The van der Waals surface area contributed by atoms with Gasteiger partial charge in [0.2, 0.25) is 0 Å². The van der Waals surface area contributed by atoms with Gasteiger partial charge in [0.1, 0.15) is 0 Å². The Kier molecular flexibility index (Phi) is 4.61. The van der Waals surface area contributed by atoms with E-state index in [0.29, 0.717) is 6.07 Å². The number of halogens is 3. The van der Waals surface area contributed by atoms with E-state index in [1.165, 1.54) is 6.07 Å². The minimum absolute atomic E-state index is 0.210. The lowest BCUT2D eigenvalue weighted by atomic mass is 10.2. The summed E-state index contributed by atoms with van der Waals surface area (Å²) in [5.41, 5.74) is -1.30. The van der Waals surface area contributed by atoms with Gasteiger partial charge in [0.15, 0.2) is 5.13 Å². The summed E-state index contributed by atoms with van der Waals surface area (Å²) in [5, 5.41) is 8.42. The van der Waals surface area contributed by atoms with Crippen molar-refractivity contribution in [3.63, 3.8) is 0 Å². The van der Waals surface area contributed by atoms with Gasteiger partial charge in [-0.3, -0.25) is 9.52 Å². The van der Waals surface area contributed by atoms with Crippen molar-refractivity contribution in [2.75, 3.05) is 4.72 Å². The highest BCUT2D eigenvalue weighted by Crippen LogP contribution is 2.34. The number of benzene rings is 1. The molecular formula is C12H9F3N2O4S2. The zero-order chi connectivity index (χ0) is 17.3. The number of rotatable bonds is 5. The molecule has 11 heteroatoms. The molecule has 2 aromatic rings. The number of sulfonamides is 1. The van der Waals surface area contributed by atoms with Crippen LogP contribution in [0.1, 0.15) is 10.4 Å². The fourth-order valence-corrected chi connectivity index (χ4v) is 3.96. The molecule has 0 fully saturated rings. The lowest BCUT2D eigenvalue weighted by Gasteiger charge is -2.13. The monoisotopic (exact) mass is 366 g/mol. The van der Waals surface area contributed by atoms with Crippen molar-refractivity contribution in [2.24, 2.45) is 0 Å². The van der Waals surface area contributed by atoms with E-state index in [0.717, 1.165) is 29.7 Å². The molecule has 1 heterocycles. The number of nitrogens with zero attached hydrogens (tertiary/aromatic N) is 1. The standard InChI is InChI=1S/C12H9F3N2O4S2/c13-12(14,15)8-3-1-2-4-9(8)23(20,21)17-11-16-6-7(22-11)5-10(18)19/h1-4,6H,5H2,(H,16,17)(H,18,19). The number of aromatic nitrogens is 1. The molecule has 0 unspecified atom stereocenters. The van der Waals surface area contributed by atoms with Gasteiger partial charge in [-0.1, -0.05) is 12.1 Å². The van der Waals surface area contributed by atoms with Gasteiger partial charge < -0.3 is 5.11 Å². The Morgan fingerprint density at radius 1 is 1.30 bits per heavy atom. The second kappa shape index (κ2) is 6.16. The molecule has 0 bridgehead atoms. The van der Waals surface area contributed by atoms with E-state index in [9.17, 15) is 26.4 Å². The Hall–Kier alpha value is -2.14. The van der Waals surface area contributed by atoms with Crippen molar-refractivity contribution in [1.82, 2.24) is 4.98 Å². The third-order valence-electron chi connectivity index (χ3n) is 2.58. The summed E-state index contributed by atoms with van der Waals surface area (Å²) >= 11 is 0.733. The summed E-state index contributed by atoms with van der Waals surface area (Å²) < 4.78 is 64.9. The first-order chi connectivity index (χ1) is 10.6. The van der Waals surface area contributed by atoms with Crippen molar-refractivity contribution in [3.8, 4) is 0 Å². The Labute approximate surface area is 132 Å². The van der Waals surface area contributed by atoms with Gasteiger partial charge in [-0.15, -0.1) is 11.3 Å². The Morgan fingerprint density at radius 2 is 1.96 bits per heavy atom. The lowest BCUT2D eigenvalue weighted by Crippen LogP contribution is -2.18. The van der Waals surface area contributed by atoms with Crippen molar-refractivity contribution >= 4 is 32.5 Å². The van der Waals surface area contributed by atoms with Crippen molar-refractivity contribution < 1.29 is 31.5 Å². The first-order valence-electron chi connectivity index (χ1n) is 5.95. The highest BCUT2D eigenvalue weighted by Gasteiger charge is 2.37. The van der Waals surface area contributed by atoms with Gasteiger partial charge in [-0.2, -0.15) is 13.2 Å². The zero-order valence-corrected chi connectivity index (χ0v) is 12.8. The first kappa shape index (κ1) is 17.2. The maximum atomic E-state index is 12.9. The van der Waals surface area contributed by atoms with E-state index < -0.39 is 32.6 Å². The quantitative estimate of drug-likeness (QED) is 0.848. The summed E-state index contributed by atoms with van der Waals surface area (Å²) in [6.45, 7) is 0. The molecule has 23 heavy (non-hydrogen) atoms. The third-order valence-corrected chi connectivity index (χ3v) is 5.02. The van der Waals surface area contributed by atoms with Gasteiger partial charge >= 0.3 is 12.1 Å². The van der Waals surface area contributed by atoms with Gasteiger partial charge in [0, 0.05) is 11.1 Å². The molecule has 0 aliphatic heterocycles. The number of hydrogen-bond donors (Lipinski definition) is 2. The van der Waals surface area contributed by atoms with Crippen molar-refractivity contribution in [2.45, 2.75) is 17.5 Å². The van der Waals surface area contributed by atoms with Crippen LogP contribution in [0.15, 0.2) is 35.4 Å². The minimum Gasteiger partial charge on any atom is -0.481 e. The molecule has 124 valence electrons. The van der Waals surface area contributed by atoms with Crippen LogP contribution >= 0.6 is 11.3 Å². The number of anilines is 1. The molecule has 2 N–H and O–H groups in total. The molecule has 0 aliphatic rings. The van der Waals surface area contributed by atoms with Crippen molar-refractivity contribution in [1.29, 1.82) is 0 Å². The maximum absolute atomic E-state index is 12.9. The largest absolute Gasteiger partial charge is 0.481 e. The number of aliphatic carboxylic acids is 1. The van der Waals surface area contributed by atoms with Crippen LogP contribution in [-0.2, 0) is 27.4 Å². The van der Waals surface area contributed by atoms with Gasteiger partial charge in [0.05, 0.1) is 16.9 Å². The number of thiazole rings is 1. The molecule has 0 atom stereocenters. The van der Waals surface area contributed by atoms with E-state index in [4.69, 9.17) is 5.11 Å². The molecular weight excluding hydrogens is 357 g/mol. The first-order valence-corrected chi connectivity index (χ1v) is 8.25. The smallest absolute Gasteiger partial charge is 0.417 e. The molecule has 0 aliphatic carbocycles.